The molecule has 0 N–H and O–H groups in total. The maximum atomic E-state index is 12.5. The van der Waals surface area contributed by atoms with Crippen molar-refractivity contribution in [3.05, 3.63) is 71.1 Å². The van der Waals surface area contributed by atoms with Crippen LogP contribution in [0, 0.1) is 6.92 Å². The van der Waals surface area contributed by atoms with Gasteiger partial charge in [-0.05, 0) is 38.1 Å². The second-order valence-corrected chi connectivity index (χ2v) is 6.36. The van der Waals surface area contributed by atoms with E-state index in [4.69, 9.17) is 13.9 Å². The molecule has 2 aromatic carbocycles. The Kier molecular flexibility index (Phi) is 4.46. The van der Waals surface area contributed by atoms with E-state index >= 15 is 0 Å². The van der Waals surface area contributed by atoms with E-state index in [1.807, 2.05) is 55.5 Å². The molecular formula is C21H18N2O4. The Morgan fingerprint density at radius 2 is 2.00 bits per heavy atom. The number of benzene rings is 2. The van der Waals surface area contributed by atoms with Gasteiger partial charge in [0, 0.05) is 11.1 Å². The SMILES string of the molecule is Cc1cccc(-c2nnc([C@H](C)OC(=O)C3=Cc4ccccc4OC3)o2)c1. The van der Waals surface area contributed by atoms with Crippen LogP contribution in [0.25, 0.3) is 17.5 Å². The highest BCUT2D eigenvalue weighted by atomic mass is 16.6. The summed E-state index contributed by atoms with van der Waals surface area (Å²) in [7, 11) is 0. The van der Waals surface area contributed by atoms with Crippen LogP contribution >= 0.6 is 0 Å². The first kappa shape index (κ1) is 17.0. The van der Waals surface area contributed by atoms with E-state index in [-0.39, 0.29) is 12.5 Å². The number of esters is 1. The highest BCUT2D eigenvalue weighted by molar-refractivity contribution is 5.95. The fourth-order valence-corrected chi connectivity index (χ4v) is 2.81. The molecular weight excluding hydrogens is 344 g/mol. The second-order valence-electron chi connectivity index (χ2n) is 6.36. The van der Waals surface area contributed by atoms with Crippen molar-refractivity contribution in [1.82, 2.24) is 10.2 Å². The van der Waals surface area contributed by atoms with Crippen LogP contribution in [0.1, 0.15) is 30.0 Å². The summed E-state index contributed by atoms with van der Waals surface area (Å²) in [4.78, 5) is 12.5. The summed E-state index contributed by atoms with van der Waals surface area (Å²) in [5.41, 5.74) is 3.21. The van der Waals surface area contributed by atoms with Crippen molar-refractivity contribution in [2.45, 2.75) is 20.0 Å². The normalized spacial score (nSPS) is 13.9. The Labute approximate surface area is 156 Å². The van der Waals surface area contributed by atoms with Crippen molar-refractivity contribution >= 4 is 12.0 Å². The molecule has 2 heterocycles. The number of aryl methyl sites for hydroxylation is 1. The van der Waals surface area contributed by atoms with E-state index in [2.05, 4.69) is 10.2 Å². The van der Waals surface area contributed by atoms with Crippen molar-refractivity contribution in [2.75, 3.05) is 6.61 Å². The number of nitrogens with zero attached hydrogens (tertiary/aromatic N) is 2. The molecule has 0 amide bonds. The van der Waals surface area contributed by atoms with Gasteiger partial charge in [-0.1, -0.05) is 35.9 Å². The van der Waals surface area contributed by atoms with Gasteiger partial charge in [0.2, 0.25) is 5.89 Å². The number of aromatic nitrogens is 2. The Morgan fingerprint density at radius 1 is 1.15 bits per heavy atom. The Morgan fingerprint density at radius 3 is 2.85 bits per heavy atom. The van der Waals surface area contributed by atoms with Crippen LogP contribution in [0.3, 0.4) is 0 Å². The monoisotopic (exact) mass is 362 g/mol. The molecule has 6 heteroatoms. The molecule has 1 aromatic heterocycles. The number of rotatable bonds is 4. The van der Waals surface area contributed by atoms with Crippen LogP contribution in [0.2, 0.25) is 0 Å². The van der Waals surface area contributed by atoms with Gasteiger partial charge in [0.25, 0.3) is 5.89 Å². The van der Waals surface area contributed by atoms with Crippen molar-refractivity contribution < 1.29 is 18.7 Å². The van der Waals surface area contributed by atoms with Crippen molar-refractivity contribution in [1.29, 1.82) is 0 Å². The lowest BCUT2D eigenvalue weighted by Crippen LogP contribution is -2.18. The minimum Gasteiger partial charge on any atom is -0.488 e. The number of ether oxygens (including phenoxy) is 2. The smallest absolute Gasteiger partial charge is 0.338 e. The average molecular weight is 362 g/mol. The van der Waals surface area contributed by atoms with Gasteiger partial charge in [-0.25, -0.2) is 4.79 Å². The first-order chi connectivity index (χ1) is 13.1. The molecule has 0 unspecified atom stereocenters. The van der Waals surface area contributed by atoms with Gasteiger partial charge >= 0.3 is 5.97 Å². The largest absolute Gasteiger partial charge is 0.488 e. The summed E-state index contributed by atoms with van der Waals surface area (Å²) in [6, 6.07) is 15.3. The molecule has 1 aliphatic rings. The zero-order valence-corrected chi connectivity index (χ0v) is 15.0. The summed E-state index contributed by atoms with van der Waals surface area (Å²) < 4.78 is 16.8. The fraction of sp³-hybridized carbons (Fsp3) is 0.190. The number of hydrogen-bond donors (Lipinski definition) is 0. The van der Waals surface area contributed by atoms with Crippen molar-refractivity contribution in [3.63, 3.8) is 0 Å². The van der Waals surface area contributed by atoms with Gasteiger partial charge in [-0.3, -0.25) is 0 Å². The van der Waals surface area contributed by atoms with Gasteiger partial charge in [-0.15, -0.1) is 10.2 Å². The zero-order valence-electron chi connectivity index (χ0n) is 15.0. The Bertz CT molecular complexity index is 1020. The molecule has 0 spiro atoms. The summed E-state index contributed by atoms with van der Waals surface area (Å²) >= 11 is 0. The molecule has 0 bridgehead atoms. The molecule has 4 rings (SSSR count). The first-order valence-electron chi connectivity index (χ1n) is 8.64. The minimum atomic E-state index is -0.665. The van der Waals surface area contributed by atoms with Crippen molar-refractivity contribution in [2.24, 2.45) is 0 Å². The molecule has 6 nitrogen and oxygen atoms in total. The average Bonchev–Trinajstić information content (AvgIpc) is 3.18. The predicted octanol–water partition coefficient (Wildman–Crippen LogP) is 4.13. The van der Waals surface area contributed by atoms with Crippen LogP contribution in [-0.4, -0.2) is 22.8 Å². The number of fused-ring (bicyclic) bond motifs is 1. The molecule has 27 heavy (non-hydrogen) atoms. The topological polar surface area (TPSA) is 74.5 Å². The lowest BCUT2D eigenvalue weighted by Gasteiger charge is -2.18. The third kappa shape index (κ3) is 3.60. The van der Waals surface area contributed by atoms with Crippen LogP contribution in [0.5, 0.6) is 5.75 Å². The van der Waals surface area contributed by atoms with Gasteiger partial charge < -0.3 is 13.9 Å². The molecule has 1 atom stereocenters. The minimum absolute atomic E-state index is 0.168. The highest BCUT2D eigenvalue weighted by Gasteiger charge is 2.23. The predicted molar refractivity (Wildman–Crippen MR) is 98.9 cm³/mol. The molecule has 1 aliphatic heterocycles. The van der Waals surface area contributed by atoms with E-state index in [1.165, 1.54) is 0 Å². The van der Waals surface area contributed by atoms with Gasteiger partial charge in [0.05, 0.1) is 5.57 Å². The van der Waals surface area contributed by atoms with Crippen LogP contribution in [-0.2, 0) is 9.53 Å². The zero-order chi connectivity index (χ0) is 18.8. The highest BCUT2D eigenvalue weighted by Crippen LogP contribution is 2.28. The maximum Gasteiger partial charge on any atom is 0.338 e. The molecule has 0 saturated carbocycles. The van der Waals surface area contributed by atoms with E-state index in [0.29, 0.717) is 11.5 Å². The van der Waals surface area contributed by atoms with Gasteiger partial charge in [0.15, 0.2) is 6.10 Å². The summed E-state index contributed by atoms with van der Waals surface area (Å²) in [6.07, 6.45) is 1.11. The molecule has 0 fully saturated rings. The van der Waals surface area contributed by atoms with Crippen LogP contribution < -0.4 is 4.74 Å². The summed E-state index contributed by atoms with van der Waals surface area (Å²) in [5.74, 6) is 0.928. The molecule has 0 aliphatic carbocycles. The Balaban J connectivity index is 1.47. The lowest BCUT2D eigenvalue weighted by atomic mass is 10.1. The van der Waals surface area contributed by atoms with Gasteiger partial charge in [0.1, 0.15) is 12.4 Å². The molecule has 3 aromatic rings. The third-order valence-corrected chi connectivity index (χ3v) is 4.23. The van der Waals surface area contributed by atoms with Gasteiger partial charge in [-0.2, -0.15) is 0 Å². The quantitative estimate of drug-likeness (QED) is 0.650. The van der Waals surface area contributed by atoms with E-state index < -0.39 is 12.1 Å². The molecule has 0 saturated heterocycles. The number of para-hydroxylation sites is 1. The maximum absolute atomic E-state index is 12.5. The fourth-order valence-electron chi connectivity index (χ4n) is 2.81. The van der Waals surface area contributed by atoms with Crippen molar-refractivity contribution in [3.8, 4) is 17.2 Å². The van der Waals surface area contributed by atoms with Crippen LogP contribution in [0.15, 0.2) is 58.5 Å². The number of carbonyl (C=O) groups excluding carboxylic acids is 1. The standard InChI is InChI=1S/C21H18N2O4/c1-13-6-5-8-16(10-13)20-23-22-19(27-20)14(2)26-21(24)17-11-15-7-3-4-9-18(15)25-12-17/h3-11,14H,12H2,1-2H3/t14-/m0/s1. The summed E-state index contributed by atoms with van der Waals surface area (Å²) in [5, 5.41) is 8.06. The van der Waals surface area contributed by atoms with E-state index in [1.54, 1.807) is 13.0 Å². The lowest BCUT2D eigenvalue weighted by molar-refractivity contribution is -0.145. The Hall–Kier alpha value is -3.41. The number of carbonyl (C=O) groups is 1. The van der Waals surface area contributed by atoms with E-state index in [9.17, 15) is 4.79 Å². The number of hydrogen-bond acceptors (Lipinski definition) is 6. The second kappa shape index (κ2) is 7.07. The third-order valence-electron chi connectivity index (χ3n) is 4.23. The molecule has 136 valence electrons. The van der Waals surface area contributed by atoms with E-state index in [0.717, 1.165) is 22.4 Å². The van der Waals surface area contributed by atoms with Crippen LogP contribution in [0.4, 0.5) is 0 Å². The first-order valence-corrected chi connectivity index (χ1v) is 8.64. The molecule has 0 radical (unpaired) electrons. The summed E-state index contributed by atoms with van der Waals surface area (Å²) in [6.45, 7) is 3.86.